The predicted octanol–water partition coefficient (Wildman–Crippen LogP) is -0.372. The molecule has 0 aromatic carbocycles. The zero-order valence-corrected chi connectivity index (χ0v) is 5.99. The summed E-state index contributed by atoms with van der Waals surface area (Å²) >= 11 is 0. The Hall–Kier alpha value is -0.0151. The van der Waals surface area contributed by atoms with Gasteiger partial charge in [-0.3, -0.25) is 0 Å². The van der Waals surface area contributed by atoms with E-state index < -0.39 is 0 Å². The highest BCUT2D eigenvalue weighted by molar-refractivity contribution is 6.57. The van der Waals surface area contributed by atoms with Crippen LogP contribution < -0.4 is 10.6 Å². The van der Waals surface area contributed by atoms with Crippen LogP contribution in [0.3, 0.4) is 0 Å². The van der Waals surface area contributed by atoms with E-state index in [1.807, 2.05) is 14.1 Å². The molecule has 0 aromatic rings. The largest absolute Gasteiger partial charge is 0.327 e. The Morgan fingerprint density at radius 1 is 1.12 bits per heavy atom. The van der Waals surface area contributed by atoms with Gasteiger partial charge in [0.15, 0.2) is 6.71 Å². The molecule has 2 nitrogen and oxygen atoms in total. The van der Waals surface area contributed by atoms with E-state index in [4.69, 9.17) is 0 Å². The van der Waals surface area contributed by atoms with Crippen molar-refractivity contribution in [2.75, 3.05) is 27.0 Å². The van der Waals surface area contributed by atoms with E-state index in [1.54, 1.807) is 0 Å². The van der Waals surface area contributed by atoms with Crippen molar-refractivity contribution in [2.24, 2.45) is 0 Å². The number of hydrogen-bond donors (Lipinski definition) is 2. The lowest BCUT2D eigenvalue weighted by atomic mass is 9.52. The molecule has 2 N–H and O–H groups in total. The van der Waals surface area contributed by atoms with Gasteiger partial charge < -0.3 is 10.6 Å². The Morgan fingerprint density at radius 3 is 1.75 bits per heavy atom. The highest BCUT2D eigenvalue weighted by Crippen LogP contribution is 1.72. The van der Waals surface area contributed by atoms with Gasteiger partial charge in [0.1, 0.15) is 0 Å². The molecule has 0 amide bonds. The van der Waals surface area contributed by atoms with Crippen molar-refractivity contribution in [3.8, 4) is 0 Å². The highest BCUT2D eigenvalue weighted by atomic mass is 14.8. The fourth-order valence-corrected chi connectivity index (χ4v) is 0.769. The van der Waals surface area contributed by atoms with Crippen LogP contribution >= 0.6 is 0 Å². The summed E-state index contributed by atoms with van der Waals surface area (Å²) in [7, 11) is 3.96. The zero-order chi connectivity index (χ0) is 6.41. The van der Waals surface area contributed by atoms with Crippen molar-refractivity contribution in [3.05, 3.63) is 0 Å². The van der Waals surface area contributed by atoms with Gasteiger partial charge in [0.05, 0.1) is 0 Å². The Balaban J connectivity index is 2.92. The molecule has 0 saturated carbocycles. The van der Waals surface area contributed by atoms with E-state index in [-0.39, 0.29) is 0 Å². The first-order chi connectivity index (χ1) is 3.81. The third-order valence-electron chi connectivity index (χ3n) is 1.11. The molecule has 0 atom stereocenters. The molecule has 8 heavy (non-hydrogen) atoms. The highest BCUT2D eigenvalue weighted by Gasteiger charge is 2.00. The predicted molar refractivity (Wildman–Crippen MR) is 39.5 cm³/mol. The molecule has 0 aliphatic carbocycles. The smallest absolute Gasteiger partial charge is 0.168 e. The van der Waals surface area contributed by atoms with E-state index in [2.05, 4.69) is 17.5 Å². The molecule has 3 heteroatoms. The summed E-state index contributed by atoms with van der Waals surface area (Å²) in [6.45, 7) is 2.96. The topological polar surface area (TPSA) is 24.1 Å². The lowest BCUT2D eigenvalue weighted by Gasteiger charge is -2.03. The number of rotatable bonds is 4. The maximum Gasteiger partial charge on any atom is 0.168 e. The van der Waals surface area contributed by atoms with Crippen LogP contribution in [0.15, 0.2) is 0 Å². The second kappa shape index (κ2) is 5.13. The molecule has 0 rings (SSSR count). The van der Waals surface area contributed by atoms with E-state index in [1.165, 1.54) is 0 Å². The van der Waals surface area contributed by atoms with Crippen LogP contribution in [-0.4, -0.2) is 33.7 Å². The standard InChI is InChI=1S/C5H15BN2/c1-6(4-7-2)5-8-3/h7-8H,4-5H2,1-3H3. The van der Waals surface area contributed by atoms with Crippen LogP contribution in [0.25, 0.3) is 0 Å². The quantitative estimate of drug-likeness (QED) is 0.487. The first kappa shape index (κ1) is 7.98. The van der Waals surface area contributed by atoms with Gasteiger partial charge in [-0.2, -0.15) is 0 Å². The lowest BCUT2D eigenvalue weighted by molar-refractivity contribution is 0.907. The molecule has 0 unspecified atom stereocenters. The van der Waals surface area contributed by atoms with Gasteiger partial charge in [-0.05, 0) is 27.0 Å². The van der Waals surface area contributed by atoms with E-state index in [0.29, 0.717) is 0 Å². The normalized spacial score (nSPS) is 9.38. The summed E-state index contributed by atoms with van der Waals surface area (Å²) in [5.74, 6) is 0. The number of hydrogen-bond acceptors (Lipinski definition) is 2. The third kappa shape index (κ3) is 4.15. The summed E-state index contributed by atoms with van der Waals surface area (Å²) in [5, 5.41) is 6.22. The second-order valence-corrected chi connectivity index (χ2v) is 2.22. The second-order valence-electron chi connectivity index (χ2n) is 2.22. The Bertz CT molecular complexity index is 43.7. The van der Waals surface area contributed by atoms with Crippen molar-refractivity contribution >= 4 is 6.71 Å². The summed E-state index contributed by atoms with van der Waals surface area (Å²) in [5.41, 5.74) is 0. The Kier molecular flexibility index (Phi) is 5.12. The van der Waals surface area contributed by atoms with Crippen LogP contribution in [-0.2, 0) is 0 Å². The van der Waals surface area contributed by atoms with Crippen molar-refractivity contribution in [3.63, 3.8) is 0 Å². The average Bonchev–Trinajstić information content (AvgIpc) is 1.68. The van der Waals surface area contributed by atoms with Crippen molar-refractivity contribution in [1.82, 2.24) is 10.6 Å². The Labute approximate surface area is 52.1 Å². The molecule has 48 valence electrons. The average molecular weight is 114 g/mol. The van der Waals surface area contributed by atoms with Crippen LogP contribution in [0, 0.1) is 0 Å². The van der Waals surface area contributed by atoms with Gasteiger partial charge in [0.25, 0.3) is 0 Å². The summed E-state index contributed by atoms with van der Waals surface area (Å²) in [4.78, 5) is 0. The SMILES string of the molecule is CNCB(C)CNC. The molecule has 0 radical (unpaired) electrons. The van der Waals surface area contributed by atoms with Gasteiger partial charge >= 0.3 is 0 Å². The molecule has 0 aliphatic rings. The summed E-state index contributed by atoms with van der Waals surface area (Å²) in [6, 6.07) is 0. The van der Waals surface area contributed by atoms with E-state index in [9.17, 15) is 0 Å². The van der Waals surface area contributed by atoms with Gasteiger partial charge in [0.2, 0.25) is 0 Å². The maximum atomic E-state index is 3.11. The van der Waals surface area contributed by atoms with Gasteiger partial charge in [-0.1, -0.05) is 6.82 Å². The minimum Gasteiger partial charge on any atom is -0.327 e. The summed E-state index contributed by atoms with van der Waals surface area (Å²) < 4.78 is 0. The van der Waals surface area contributed by atoms with Crippen LogP contribution in [0.2, 0.25) is 6.82 Å². The molecular formula is C5H15BN2. The molecule has 0 fully saturated rings. The fourth-order valence-electron chi connectivity index (χ4n) is 0.769. The number of nitrogens with one attached hydrogen (secondary N) is 2. The van der Waals surface area contributed by atoms with Gasteiger partial charge in [-0.25, -0.2) is 0 Å². The maximum absolute atomic E-state index is 3.11. The molecular weight excluding hydrogens is 98.9 g/mol. The van der Waals surface area contributed by atoms with Crippen molar-refractivity contribution in [2.45, 2.75) is 6.82 Å². The van der Waals surface area contributed by atoms with Crippen molar-refractivity contribution in [1.29, 1.82) is 0 Å². The monoisotopic (exact) mass is 114 g/mol. The minimum atomic E-state index is 0.741. The van der Waals surface area contributed by atoms with Crippen molar-refractivity contribution < 1.29 is 0 Å². The Morgan fingerprint density at radius 2 is 1.50 bits per heavy atom. The third-order valence-corrected chi connectivity index (χ3v) is 1.11. The zero-order valence-electron chi connectivity index (χ0n) is 5.99. The first-order valence-electron chi connectivity index (χ1n) is 3.10. The molecule has 0 spiro atoms. The first-order valence-corrected chi connectivity index (χ1v) is 3.10. The van der Waals surface area contributed by atoms with E-state index >= 15 is 0 Å². The van der Waals surface area contributed by atoms with Gasteiger partial charge in [0, 0.05) is 0 Å². The minimum absolute atomic E-state index is 0.741. The van der Waals surface area contributed by atoms with Crippen LogP contribution in [0.4, 0.5) is 0 Å². The molecule has 0 aromatic heterocycles. The van der Waals surface area contributed by atoms with E-state index in [0.717, 1.165) is 19.6 Å². The molecule has 0 aliphatic heterocycles. The summed E-state index contributed by atoms with van der Waals surface area (Å²) in [6.07, 6.45) is 2.20. The molecule has 0 saturated heterocycles. The molecule has 0 heterocycles. The fraction of sp³-hybridized carbons (Fsp3) is 1.00. The van der Waals surface area contributed by atoms with Crippen LogP contribution in [0.5, 0.6) is 0 Å². The lowest BCUT2D eigenvalue weighted by Crippen LogP contribution is -2.34. The molecule has 0 bridgehead atoms. The van der Waals surface area contributed by atoms with Gasteiger partial charge in [-0.15, -0.1) is 0 Å². The van der Waals surface area contributed by atoms with Crippen LogP contribution in [0.1, 0.15) is 0 Å².